The summed E-state index contributed by atoms with van der Waals surface area (Å²) in [5.41, 5.74) is 2.23. The Kier molecular flexibility index (Phi) is 6.60. The van der Waals surface area contributed by atoms with Gasteiger partial charge in [-0.3, -0.25) is 9.59 Å². The lowest BCUT2D eigenvalue weighted by atomic mass is 9.97. The summed E-state index contributed by atoms with van der Waals surface area (Å²) in [6.45, 7) is 6.15. The van der Waals surface area contributed by atoms with Crippen molar-refractivity contribution < 1.29 is 22.8 Å². The van der Waals surface area contributed by atoms with Crippen LogP contribution in [0.15, 0.2) is 23.1 Å². The normalized spacial score (nSPS) is 20.8. The SMILES string of the molecule is Cc1ccc(SCC(=O)N2CCC[C@@H](NC(=O)C(F)(F)F)[C@H]2C)c(C)c1. The lowest BCUT2D eigenvalue weighted by Gasteiger charge is -2.39. The van der Waals surface area contributed by atoms with Crippen molar-refractivity contribution in [2.24, 2.45) is 0 Å². The number of nitrogens with one attached hydrogen (secondary N) is 1. The molecule has 26 heavy (non-hydrogen) atoms. The Bertz CT molecular complexity index is 679. The van der Waals surface area contributed by atoms with Gasteiger partial charge in [0.2, 0.25) is 5.91 Å². The number of hydrogen-bond acceptors (Lipinski definition) is 3. The number of halogens is 3. The summed E-state index contributed by atoms with van der Waals surface area (Å²) in [4.78, 5) is 26.3. The maximum absolute atomic E-state index is 12.6. The van der Waals surface area contributed by atoms with E-state index in [-0.39, 0.29) is 11.7 Å². The van der Waals surface area contributed by atoms with Gasteiger partial charge in [-0.15, -0.1) is 11.8 Å². The molecule has 1 aliphatic rings. The predicted octanol–water partition coefficient (Wildman–Crippen LogP) is 3.45. The van der Waals surface area contributed by atoms with E-state index in [9.17, 15) is 22.8 Å². The number of rotatable bonds is 4. The number of thioether (sulfide) groups is 1. The van der Waals surface area contributed by atoms with Gasteiger partial charge in [0, 0.05) is 23.5 Å². The van der Waals surface area contributed by atoms with Gasteiger partial charge >= 0.3 is 12.1 Å². The molecule has 0 spiro atoms. The minimum absolute atomic E-state index is 0.131. The summed E-state index contributed by atoms with van der Waals surface area (Å²) < 4.78 is 37.4. The van der Waals surface area contributed by atoms with Gasteiger partial charge in [-0.1, -0.05) is 17.7 Å². The molecule has 2 amide bonds. The first-order valence-corrected chi connectivity index (χ1v) is 9.45. The van der Waals surface area contributed by atoms with Gasteiger partial charge in [0.05, 0.1) is 5.75 Å². The lowest BCUT2D eigenvalue weighted by molar-refractivity contribution is -0.175. The molecule has 0 aliphatic carbocycles. The zero-order chi connectivity index (χ0) is 19.5. The summed E-state index contributed by atoms with van der Waals surface area (Å²) in [5, 5.41) is 2.02. The number of alkyl halides is 3. The zero-order valence-corrected chi connectivity index (χ0v) is 15.8. The number of hydrogen-bond donors (Lipinski definition) is 1. The predicted molar refractivity (Wildman–Crippen MR) is 95.0 cm³/mol. The van der Waals surface area contributed by atoms with Crippen molar-refractivity contribution in [1.82, 2.24) is 10.2 Å². The van der Waals surface area contributed by atoms with E-state index >= 15 is 0 Å². The fourth-order valence-corrected chi connectivity index (χ4v) is 4.02. The fraction of sp³-hybridized carbons (Fsp3) is 0.556. The molecule has 1 aliphatic heterocycles. The molecule has 8 heteroatoms. The van der Waals surface area contributed by atoms with E-state index in [1.807, 2.05) is 37.4 Å². The van der Waals surface area contributed by atoms with Crippen LogP contribution >= 0.6 is 11.8 Å². The van der Waals surface area contributed by atoms with Crippen LogP contribution in [0, 0.1) is 13.8 Å². The van der Waals surface area contributed by atoms with Crippen LogP contribution in [0.4, 0.5) is 13.2 Å². The number of amides is 2. The second-order valence-electron chi connectivity index (χ2n) is 6.61. The Morgan fingerprint density at radius 2 is 2.00 bits per heavy atom. The summed E-state index contributed by atoms with van der Waals surface area (Å²) >= 11 is 1.42. The molecule has 1 fully saturated rings. The molecule has 144 valence electrons. The smallest absolute Gasteiger partial charge is 0.343 e. The van der Waals surface area contributed by atoms with Crippen molar-refractivity contribution in [2.45, 2.75) is 56.8 Å². The molecular weight excluding hydrogens is 365 g/mol. The Labute approximate surface area is 155 Å². The molecule has 1 heterocycles. The number of piperidine rings is 1. The number of carbonyl (C=O) groups excluding carboxylic acids is 2. The molecule has 4 nitrogen and oxygen atoms in total. The minimum Gasteiger partial charge on any atom is -0.343 e. The highest BCUT2D eigenvalue weighted by atomic mass is 32.2. The maximum atomic E-state index is 12.6. The summed E-state index contributed by atoms with van der Waals surface area (Å²) in [7, 11) is 0. The Morgan fingerprint density at radius 3 is 2.62 bits per heavy atom. The van der Waals surface area contributed by atoms with Crippen molar-refractivity contribution in [1.29, 1.82) is 0 Å². The van der Waals surface area contributed by atoms with Gasteiger partial charge in [-0.25, -0.2) is 0 Å². The molecule has 0 bridgehead atoms. The molecule has 0 aromatic heterocycles. The van der Waals surface area contributed by atoms with Crippen LogP contribution in [0.25, 0.3) is 0 Å². The van der Waals surface area contributed by atoms with Crippen LogP contribution < -0.4 is 5.32 Å². The van der Waals surface area contributed by atoms with Crippen molar-refractivity contribution >= 4 is 23.6 Å². The van der Waals surface area contributed by atoms with Gasteiger partial charge in [-0.05, 0) is 45.2 Å². The van der Waals surface area contributed by atoms with Crippen molar-refractivity contribution in [3.63, 3.8) is 0 Å². The molecule has 2 atom stereocenters. The summed E-state index contributed by atoms with van der Waals surface area (Å²) in [6, 6.07) is 4.83. The molecule has 0 radical (unpaired) electrons. The van der Waals surface area contributed by atoms with Gasteiger partial charge < -0.3 is 10.2 Å². The van der Waals surface area contributed by atoms with E-state index in [1.165, 1.54) is 11.8 Å². The van der Waals surface area contributed by atoms with Crippen LogP contribution in [0.1, 0.15) is 30.9 Å². The quantitative estimate of drug-likeness (QED) is 0.804. The van der Waals surface area contributed by atoms with E-state index in [4.69, 9.17) is 0 Å². The number of benzene rings is 1. The van der Waals surface area contributed by atoms with E-state index in [0.29, 0.717) is 19.4 Å². The van der Waals surface area contributed by atoms with Gasteiger partial charge in [-0.2, -0.15) is 13.2 Å². The van der Waals surface area contributed by atoms with Gasteiger partial charge in [0.15, 0.2) is 0 Å². The number of aryl methyl sites for hydroxylation is 2. The first kappa shape index (κ1) is 20.6. The van der Waals surface area contributed by atoms with Crippen molar-refractivity contribution in [3.8, 4) is 0 Å². The Hall–Kier alpha value is -1.70. The third kappa shape index (κ3) is 5.16. The Morgan fingerprint density at radius 1 is 1.31 bits per heavy atom. The van der Waals surface area contributed by atoms with E-state index in [2.05, 4.69) is 0 Å². The second kappa shape index (κ2) is 8.33. The zero-order valence-electron chi connectivity index (χ0n) is 15.0. The third-order valence-corrected chi connectivity index (χ3v) is 5.72. The van der Waals surface area contributed by atoms with Gasteiger partial charge in [0.25, 0.3) is 0 Å². The lowest BCUT2D eigenvalue weighted by Crippen LogP contribution is -2.57. The van der Waals surface area contributed by atoms with E-state index in [1.54, 1.807) is 11.8 Å². The minimum atomic E-state index is -4.91. The number of likely N-dealkylation sites (tertiary alicyclic amines) is 1. The standard InChI is InChI=1S/C18H23F3N2O2S/c1-11-6-7-15(12(2)9-11)26-10-16(24)23-8-4-5-14(13(23)3)22-17(25)18(19,20)21/h6-7,9,13-14H,4-5,8,10H2,1-3H3,(H,22,25)/t13-,14-/m1/s1. The number of nitrogens with zero attached hydrogens (tertiary/aromatic N) is 1. The highest BCUT2D eigenvalue weighted by molar-refractivity contribution is 8.00. The molecule has 1 aromatic carbocycles. The third-order valence-electron chi connectivity index (χ3n) is 4.56. The first-order valence-electron chi connectivity index (χ1n) is 8.47. The molecule has 1 aromatic rings. The summed E-state index contributed by atoms with van der Waals surface area (Å²) in [5.74, 6) is -1.87. The van der Waals surface area contributed by atoms with Crippen LogP contribution in [-0.4, -0.2) is 47.3 Å². The highest BCUT2D eigenvalue weighted by Crippen LogP contribution is 2.26. The topological polar surface area (TPSA) is 49.4 Å². The van der Waals surface area contributed by atoms with Crippen molar-refractivity contribution in [3.05, 3.63) is 29.3 Å². The van der Waals surface area contributed by atoms with E-state index in [0.717, 1.165) is 16.0 Å². The largest absolute Gasteiger partial charge is 0.471 e. The molecule has 2 rings (SSSR count). The Balaban J connectivity index is 1.96. The molecular formula is C18H23F3N2O2S. The average Bonchev–Trinajstić information content (AvgIpc) is 2.54. The van der Waals surface area contributed by atoms with Crippen LogP contribution in [-0.2, 0) is 9.59 Å². The maximum Gasteiger partial charge on any atom is 0.471 e. The number of carbonyl (C=O) groups is 2. The van der Waals surface area contributed by atoms with Crippen LogP contribution in [0.3, 0.4) is 0 Å². The van der Waals surface area contributed by atoms with Crippen LogP contribution in [0.2, 0.25) is 0 Å². The average molecular weight is 388 g/mol. The molecule has 0 saturated carbocycles. The second-order valence-corrected chi connectivity index (χ2v) is 7.62. The van der Waals surface area contributed by atoms with Crippen molar-refractivity contribution in [2.75, 3.05) is 12.3 Å². The first-order chi connectivity index (χ1) is 12.1. The van der Waals surface area contributed by atoms with Gasteiger partial charge in [0.1, 0.15) is 0 Å². The van der Waals surface area contributed by atoms with E-state index < -0.39 is 24.2 Å². The summed E-state index contributed by atoms with van der Waals surface area (Å²) in [6.07, 6.45) is -3.92. The fourth-order valence-electron chi connectivity index (χ4n) is 3.12. The molecule has 1 saturated heterocycles. The van der Waals surface area contributed by atoms with Crippen LogP contribution in [0.5, 0.6) is 0 Å². The monoisotopic (exact) mass is 388 g/mol. The highest BCUT2D eigenvalue weighted by Gasteiger charge is 2.42. The molecule has 0 unspecified atom stereocenters. The molecule has 1 N–H and O–H groups in total.